The first-order valence-corrected chi connectivity index (χ1v) is 15.8. The fourth-order valence-corrected chi connectivity index (χ4v) is 6.89. The number of carbonyl (C=O) groups is 1. The van der Waals surface area contributed by atoms with Crippen LogP contribution in [-0.2, 0) is 24.8 Å². The first-order valence-electron chi connectivity index (χ1n) is 12.1. The van der Waals surface area contributed by atoms with Crippen LogP contribution in [0.1, 0.15) is 0 Å². The van der Waals surface area contributed by atoms with Gasteiger partial charge in [0.05, 0.1) is 35.4 Å². The van der Waals surface area contributed by atoms with Crippen molar-refractivity contribution < 1.29 is 31.1 Å². The molecule has 14 heteroatoms. The van der Waals surface area contributed by atoms with Gasteiger partial charge in [-0.05, 0) is 66.7 Å². The summed E-state index contributed by atoms with van der Waals surface area (Å²) < 4.78 is 66.8. The minimum absolute atomic E-state index is 0.0847. The molecular formula is C28H25Cl2N3O7S2. The Morgan fingerprint density at radius 2 is 1.33 bits per heavy atom. The van der Waals surface area contributed by atoms with Crippen LogP contribution in [-0.4, -0.2) is 43.5 Å². The van der Waals surface area contributed by atoms with Crippen LogP contribution in [0.3, 0.4) is 0 Å². The molecule has 0 spiro atoms. The number of hydrogen-bond acceptors (Lipinski definition) is 7. The molecule has 0 radical (unpaired) electrons. The van der Waals surface area contributed by atoms with E-state index < -0.39 is 32.5 Å². The van der Waals surface area contributed by atoms with E-state index in [2.05, 4.69) is 10.0 Å². The average Bonchev–Trinajstić information content (AvgIpc) is 2.95. The minimum Gasteiger partial charge on any atom is -0.493 e. The standard InChI is InChI=1S/C28H25Cl2N3O7S2/c1-39-26-13-12-25(17-27(26)40-2)42(37,38)33(23-6-4-3-5-7-23)18-28(34)31-21-8-10-24(11-9-21)41(35,36)32-22-15-19(29)14-20(30)16-22/h3-17,32H,18H2,1-2H3,(H,31,34). The van der Waals surface area contributed by atoms with Gasteiger partial charge in [-0.2, -0.15) is 0 Å². The Bertz CT molecular complexity index is 1780. The fourth-order valence-electron chi connectivity index (χ4n) is 3.89. The highest BCUT2D eigenvalue weighted by Gasteiger charge is 2.28. The number of nitrogens with zero attached hydrogens (tertiary/aromatic N) is 1. The number of para-hydroxylation sites is 1. The highest BCUT2D eigenvalue weighted by Crippen LogP contribution is 2.32. The second kappa shape index (κ2) is 12.9. The third kappa shape index (κ3) is 7.26. The highest BCUT2D eigenvalue weighted by molar-refractivity contribution is 7.93. The van der Waals surface area contributed by atoms with Gasteiger partial charge >= 0.3 is 0 Å². The van der Waals surface area contributed by atoms with Gasteiger partial charge in [-0.1, -0.05) is 41.4 Å². The lowest BCUT2D eigenvalue weighted by Gasteiger charge is -2.24. The highest BCUT2D eigenvalue weighted by atomic mass is 35.5. The van der Waals surface area contributed by atoms with Gasteiger partial charge in [0.1, 0.15) is 6.54 Å². The van der Waals surface area contributed by atoms with Crippen molar-refractivity contribution in [2.75, 3.05) is 35.1 Å². The molecule has 0 unspecified atom stereocenters. The van der Waals surface area contributed by atoms with E-state index in [1.54, 1.807) is 30.3 Å². The predicted octanol–water partition coefficient (Wildman–Crippen LogP) is 5.65. The van der Waals surface area contributed by atoms with Crippen molar-refractivity contribution in [3.05, 3.63) is 101 Å². The van der Waals surface area contributed by atoms with Crippen LogP contribution in [0, 0.1) is 0 Å². The van der Waals surface area contributed by atoms with Crippen molar-refractivity contribution in [2.45, 2.75) is 9.79 Å². The zero-order chi connectivity index (χ0) is 30.5. The van der Waals surface area contributed by atoms with Gasteiger partial charge in [0.15, 0.2) is 11.5 Å². The molecule has 0 bridgehead atoms. The maximum absolute atomic E-state index is 13.7. The van der Waals surface area contributed by atoms with Gasteiger partial charge in [-0.3, -0.25) is 13.8 Å². The topological polar surface area (TPSA) is 131 Å². The monoisotopic (exact) mass is 649 g/mol. The molecule has 4 aromatic carbocycles. The number of anilines is 3. The summed E-state index contributed by atoms with van der Waals surface area (Å²) in [6.45, 7) is -0.572. The molecule has 10 nitrogen and oxygen atoms in total. The lowest BCUT2D eigenvalue weighted by molar-refractivity contribution is -0.114. The molecule has 0 saturated carbocycles. The van der Waals surface area contributed by atoms with Crippen LogP contribution in [0.4, 0.5) is 17.1 Å². The molecule has 0 aliphatic carbocycles. The van der Waals surface area contributed by atoms with Gasteiger partial charge in [0.2, 0.25) is 5.91 Å². The van der Waals surface area contributed by atoms with E-state index in [-0.39, 0.29) is 42.6 Å². The van der Waals surface area contributed by atoms with E-state index in [0.717, 1.165) is 4.31 Å². The number of benzene rings is 4. The van der Waals surface area contributed by atoms with Gasteiger partial charge in [0, 0.05) is 21.8 Å². The van der Waals surface area contributed by atoms with E-state index in [1.807, 2.05) is 0 Å². The number of hydrogen-bond donors (Lipinski definition) is 2. The Morgan fingerprint density at radius 3 is 1.93 bits per heavy atom. The zero-order valence-corrected chi connectivity index (χ0v) is 25.4. The van der Waals surface area contributed by atoms with Crippen LogP contribution in [0.2, 0.25) is 10.0 Å². The normalized spacial score (nSPS) is 11.4. The predicted molar refractivity (Wildman–Crippen MR) is 163 cm³/mol. The molecule has 4 aromatic rings. The largest absolute Gasteiger partial charge is 0.493 e. The van der Waals surface area contributed by atoms with E-state index in [0.29, 0.717) is 5.75 Å². The summed E-state index contributed by atoms with van der Waals surface area (Å²) in [6, 6.07) is 21.9. The first-order chi connectivity index (χ1) is 19.9. The molecule has 0 heterocycles. The molecule has 0 aliphatic heterocycles. The van der Waals surface area contributed by atoms with Crippen molar-refractivity contribution in [1.29, 1.82) is 0 Å². The van der Waals surface area contributed by atoms with E-state index >= 15 is 0 Å². The number of sulfonamides is 2. The Balaban J connectivity index is 1.54. The summed E-state index contributed by atoms with van der Waals surface area (Å²) in [6.07, 6.45) is 0. The quantitative estimate of drug-likeness (QED) is 0.215. The van der Waals surface area contributed by atoms with Crippen LogP contribution in [0.5, 0.6) is 11.5 Å². The molecule has 0 fully saturated rings. The number of ether oxygens (including phenoxy) is 2. The number of nitrogens with one attached hydrogen (secondary N) is 2. The van der Waals surface area contributed by atoms with E-state index in [4.69, 9.17) is 32.7 Å². The van der Waals surface area contributed by atoms with E-state index in [9.17, 15) is 21.6 Å². The van der Waals surface area contributed by atoms with Crippen LogP contribution in [0.15, 0.2) is 101 Å². The minimum atomic E-state index is -4.23. The van der Waals surface area contributed by atoms with Crippen molar-refractivity contribution >= 4 is 66.2 Å². The van der Waals surface area contributed by atoms with Crippen LogP contribution >= 0.6 is 23.2 Å². The molecule has 0 aliphatic rings. The Kier molecular flexibility index (Phi) is 9.52. The third-order valence-electron chi connectivity index (χ3n) is 5.84. The molecular weight excluding hydrogens is 625 g/mol. The summed E-state index contributed by atoms with van der Waals surface area (Å²) >= 11 is 11.9. The van der Waals surface area contributed by atoms with Crippen LogP contribution in [0.25, 0.3) is 0 Å². The first kappa shape index (κ1) is 31.0. The second-order valence-corrected chi connectivity index (χ2v) is 13.1. The van der Waals surface area contributed by atoms with Crippen LogP contribution < -0.4 is 23.8 Å². The zero-order valence-electron chi connectivity index (χ0n) is 22.2. The lowest BCUT2D eigenvalue weighted by Crippen LogP contribution is -2.38. The molecule has 0 aromatic heterocycles. The average molecular weight is 651 g/mol. The van der Waals surface area contributed by atoms with Crippen molar-refractivity contribution in [3.8, 4) is 11.5 Å². The van der Waals surface area contributed by atoms with E-state index in [1.165, 1.54) is 74.9 Å². The van der Waals surface area contributed by atoms with Crippen molar-refractivity contribution in [3.63, 3.8) is 0 Å². The summed E-state index contributed by atoms with van der Waals surface area (Å²) in [7, 11) is -5.41. The van der Waals surface area contributed by atoms with Crippen molar-refractivity contribution in [1.82, 2.24) is 0 Å². The molecule has 220 valence electrons. The number of methoxy groups -OCH3 is 2. The van der Waals surface area contributed by atoms with Crippen molar-refractivity contribution in [2.24, 2.45) is 0 Å². The summed E-state index contributed by atoms with van der Waals surface area (Å²) in [4.78, 5) is 12.9. The molecule has 42 heavy (non-hydrogen) atoms. The summed E-state index contributed by atoms with van der Waals surface area (Å²) in [5.74, 6) is -0.110. The van der Waals surface area contributed by atoms with Gasteiger partial charge < -0.3 is 14.8 Å². The smallest absolute Gasteiger partial charge is 0.264 e. The molecule has 0 saturated heterocycles. The summed E-state index contributed by atoms with van der Waals surface area (Å²) in [5, 5.41) is 3.13. The molecule has 0 atom stereocenters. The number of rotatable bonds is 11. The van der Waals surface area contributed by atoms with Gasteiger partial charge in [0.25, 0.3) is 20.0 Å². The molecule has 2 N–H and O–H groups in total. The van der Waals surface area contributed by atoms with Gasteiger partial charge in [-0.15, -0.1) is 0 Å². The Hall–Kier alpha value is -3.97. The molecule has 4 rings (SSSR count). The third-order valence-corrected chi connectivity index (χ3v) is 9.44. The Labute approximate surface area is 253 Å². The summed E-state index contributed by atoms with van der Waals surface area (Å²) in [5.41, 5.74) is 0.693. The second-order valence-electron chi connectivity index (χ2n) is 8.70. The SMILES string of the molecule is COc1ccc(S(=O)(=O)N(CC(=O)Nc2ccc(S(=O)(=O)Nc3cc(Cl)cc(Cl)c3)cc2)c2ccccc2)cc1OC. The fraction of sp³-hybridized carbons (Fsp3) is 0.107. The number of amides is 1. The molecule has 1 amide bonds. The number of halogens is 2. The lowest BCUT2D eigenvalue weighted by atomic mass is 10.3. The number of carbonyl (C=O) groups excluding carboxylic acids is 1. The maximum atomic E-state index is 13.7. The maximum Gasteiger partial charge on any atom is 0.264 e. The Morgan fingerprint density at radius 1 is 0.738 bits per heavy atom. The van der Waals surface area contributed by atoms with Gasteiger partial charge in [-0.25, -0.2) is 16.8 Å².